The summed E-state index contributed by atoms with van der Waals surface area (Å²) >= 11 is 0. The minimum absolute atomic E-state index is 0.175. The van der Waals surface area contributed by atoms with Crippen molar-refractivity contribution in [3.8, 4) is 5.69 Å². The minimum Gasteiger partial charge on any atom is -0.324 e. The van der Waals surface area contributed by atoms with Gasteiger partial charge in [-0.1, -0.05) is 26.8 Å². The van der Waals surface area contributed by atoms with Crippen LogP contribution in [0, 0.1) is 5.82 Å². The van der Waals surface area contributed by atoms with Crippen molar-refractivity contribution >= 4 is 22.7 Å². The van der Waals surface area contributed by atoms with E-state index < -0.39 is 0 Å². The summed E-state index contributed by atoms with van der Waals surface area (Å²) in [5.74, 6) is 0.133. The molecule has 0 fully saturated rings. The zero-order chi connectivity index (χ0) is 24.0. The van der Waals surface area contributed by atoms with Gasteiger partial charge >= 0.3 is 0 Å². The molecule has 0 radical (unpaired) electrons. The van der Waals surface area contributed by atoms with Gasteiger partial charge in [-0.2, -0.15) is 4.98 Å². The number of aromatic nitrogens is 4. The van der Waals surface area contributed by atoms with E-state index >= 15 is 0 Å². The zero-order valence-corrected chi connectivity index (χ0v) is 19.9. The normalized spacial score (nSPS) is 13.8. The van der Waals surface area contributed by atoms with Crippen LogP contribution in [0.3, 0.4) is 0 Å². The average molecular weight is 461 g/mol. The number of hydrogen-bond acceptors (Lipinski definition) is 5. The molecule has 3 heterocycles. The summed E-state index contributed by atoms with van der Waals surface area (Å²) in [5.41, 5.74) is 4.68. The lowest BCUT2D eigenvalue weighted by molar-refractivity contribution is 0.519. The topological polar surface area (TPSA) is 76.8 Å². The van der Waals surface area contributed by atoms with Gasteiger partial charge in [-0.3, -0.25) is 4.79 Å². The third kappa shape index (κ3) is 3.88. The second-order valence-electron chi connectivity index (χ2n) is 9.71. The van der Waals surface area contributed by atoms with Crippen LogP contribution in [-0.2, 0) is 24.9 Å². The summed E-state index contributed by atoms with van der Waals surface area (Å²) in [6.45, 7) is 10.1. The molecule has 0 spiro atoms. The maximum absolute atomic E-state index is 14.6. The summed E-state index contributed by atoms with van der Waals surface area (Å²) < 4.78 is 18.0. The van der Waals surface area contributed by atoms with E-state index in [9.17, 15) is 9.18 Å². The Bertz CT molecular complexity index is 1450. The SMILES string of the molecule is CCn1c(=O)c2cnc(Nc3ccc4c(c3)CNCC4)nc2n1-c1ccc(F)c(C(C)(C)C)c1. The molecule has 5 rings (SSSR count). The van der Waals surface area contributed by atoms with Crippen molar-refractivity contribution in [2.75, 3.05) is 11.9 Å². The minimum atomic E-state index is -0.386. The van der Waals surface area contributed by atoms with Gasteiger partial charge in [-0.05, 0) is 72.3 Å². The van der Waals surface area contributed by atoms with E-state index in [0.717, 1.165) is 25.2 Å². The molecule has 2 aromatic carbocycles. The van der Waals surface area contributed by atoms with Gasteiger partial charge in [-0.25, -0.2) is 18.7 Å². The van der Waals surface area contributed by atoms with Gasteiger partial charge in [0.25, 0.3) is 5.56 Å². The highest BCUT2D eigenvalue weighted by Crippen LogP contribution is 2.28. The van der Waals surface area contributed by atoms with Gasteiger partial charge in [0.1, 0.15) is 11.2 Å². The Kier molecular flexibility index (Phi) is 5.48. The molecular weight excluding hydrogens is 431 g/mol. The lowest BCUT2D eigenvalue weighted by atomic mass is 9.86. The number of halogens is 1. The van der Waals surface area contributed by atoms with E-state index in [4.69, 9.17) is 4.98 Å². The van der Waals surface area contributed by atoms with Crippen molar-refractivity contribution in [3.05, 3.63) is 75.5 Å². The zero-order valence-electron chi connectivity index (χ0n) is 19.9. The molecule has 0 saturated heterocycles. The molecule has 176 valence electrons. The summed E-state index contributed by atoms with van der Waals surface area (Å²) in [7, 11) is 0. The Balaban J connectivity index is 1.62. The Morgan fingerprint density at radius 2 is 1.97 bits per heavy atom. The third-order valence-corrected chi connectivity index (χ3v) is 6.33. The first kappa shape index (κ1) is 22.3. The van der Waals surface area contributed by atoms with Crippen LogP contribution in [0.5, 0.6) is 0 Å². The van der Waals surface area contributed by atoms with Gasteiger partial charge in [0.15, 0.2) is 5.65 Å². The highest BCUT2D eigenvalue weighted by atomic mass is 19.1. The van der Waals surface area contributed by atoms with Crippen LogP contribution in [0.1, 0.15) is 44.4 Å². The predicted molar refractivity (Wildman–Crippen MR) is 133 cm³/mol. The summed E-state index contributed by atoms with van der Waals surface area (Å²) in [6, 6.07) is 11.2. The first-order chi connectivity index (χ1) is 16.3. The van der Waals surface area contributed by atoms with Gasteiger partial charge in [0.2, 0.25) is 5.95 Å². The van der Waals surface area contributed by atoms with E-state index in [1.54, 1.807) is 27.7 Å². The molecule has 0 amide bonds. The summed E-state index contributed by atoms with van der Waals surface area (Å²) in [5, 5.41) is 7.09. The molecule has 2 aromatic heterocycles. The molecule has 4 aromatic rings. The molecule has 0 aliphatic carbocycles. The van der Waals surface area contributed by atoms with Crippen LogP contribution in [0.15, 0.2) is 47.4 Å². The molecule has 2 N–H and O–H groups in total. The fourth-order valence-electron chi connectivity index (χ4n) is 4.54. The van der Waals surface area contributed by atoms with Crippen molar-refractivity contribution in [2.45, 2.75) is 52.6 Å². The van der Waals surface area contributed by atoms with E-state index in [1.165, 1.54) is 17.2 Å². The van der Waals surface area contributed by atoms with E-state index in [-0.39, 0.29) is 16.8 Å². The maximum Gasteiger partial charge on any atom is 0.278 e. The Morgan fingerprint density at radius 3 is 2.74 bits per heavy atom. The molecular formula is C26H29FN6O. The lowest BCUT2D eigenvalue weighted by Crippen LogP contribution is -2.23. The van der Waals surface area contributed by atoms with E-state index in [2.05, 4.69) is 27.8 Å². The van der Waals surface area contributed by atoms with Gasteiger partial charge in [0, 0.05) is 25.0 Å². The lowest BCUT2D eigenvalue weighted by Gasteiger charge is -2.21. The second kappa shape index (κ2) is 8.36. The Labute approximate surface area is 197 Å². The molecule has 0 unspecified atom stereocenters. The quantitative estimate of drug-likeness (QED) is 0.471. The highest BCUT2D eigenvalue weighted by molar-refractivity contribution is 5.77. The fraction of sp³-hybridized carbons (Fsp3) is 0.346. The standard InChI is InChI=1S/C26H29FN6O/c1-5-32-24(34)20-15-29-25(30-18-7-6-16-10-11-28-14-17(16)12-18)31-23(20)33(32)19-8-9-22(27)21(13-19)26(2,3)4/h6-9,12-13,15,28H,5,10-11,14H2,1-4H3,(H,29,30,31). The number of rotatable bonds is 4. The second-order valence-corrected chi connectivity index (χ2v) is 9.71. The van der Waals surface area contributed by atoms with Crippen molar-refractivity contribution < 1.29 is 4.39 Å². The number of hydrogen-bond donors (Lipinski definition) is 2. The number of benzene rings is 2. The maximum atomic E-state index is 14.6. The first-order valence-electron chi connectivity index (χ1n) is 11.6. The van der Waals surface area contributed by atoms with Crippen LogP contribution in [0.2, 0.25) is 0 Å². The van der Waals surface area contributed by atoms with Crippen molar-refractivity contribution in [3.63, 3.8) is 0 Å². The van der Waals surface area contributed by atoms with E-state index in [0.29, 0.717) is 34.8 Å². The van der Waals surface area contributed by atoms with Crippen LogP contribution in [0.25, 0.3) is 16.7 Å². The van der Waals surface area contributed by atoms with Crippen LogP contribution in [-0.4, -0.2) is 25.9 Å². The molecule has 0 bridgehead atoms. The molecule has 1 aliphatic rings. The fourth-order valence-corrected chi connectivity index (χ4v) is 4.54. The van der Waals surface area contributed by atoms with Gasteiger partial charge in [0.05, 0.1) is 5.69 Å². The number of anilines is 2. The Morgan fingerprint density at radius 1 is 1.15 bits per heavy atom. The average Bonchev–Trinajstić information content (AvgIpc) is 3.09. The van der Waals surface area contributed by atoms with Crippen molar-refractivity contribution in [1.29, 1.82) is 0 Å². The number of nitrogens with zero attached hydrogens (tertiary/aromatic N) is 4. The van der Waals surface area contributed by atoms with E-state index in [1.807, 2.05) is 33.8 Å². The largest absolute Gasteiger partial charge is 0.324 e. The van der Waals surface area contributed by atoms with Crippen molar-refractivity contribution in [2.24, 2.45) is 0 Å². The molecule has 0 saturated carbocycles. The number of fused-ring (bicyclic) bond motifs is 2. The molecule has 8 heteroatoms. The predicted octanol–water partition coefficient (Wildman–Crippen LogP) is 4.43. The summed E-state index contributed by atoms with van der Waals surface area (Å²) in [4.78, 5) is 22.2. The molecule has 34 heavy (non-hydrogen) atoms. The van der Waals surface area contributed by atoms with Crippen LogP contribution in [0.4, 0.5) is 16.0 Å². The third-order valence-electron chi connectivity index (χ3n) is 6.33. The smallest absolute Gasteiger partial charge is 0.278 e. The first-order valence-corrected chi connectivity index (χ1v) is 11.6. The highest BCUT2D eigenvalue weighted by Gasteiger charge is 2.22. The number of nitrogens with one attached hydrogen (secondary N) is 2. The molecule has 0 atom stereocenters. The van der Waals surface area contributed by atoms with Crippen LogP contribution < -0.4 is 16.2 Å². The Hall–Kier alpha value is -3.52. The monoisotopic (exact) mass is 460 g/mol. The molecule has 1 aliphatic heterocycles. The summed E-state index contributed by atoms with van der Waals surface area (Å²) in [6.07, 6.45) is 2.58. The van der Waals surface area contributed by atoms with Crippen molar-refractivity contribution in [1.82, 2.24) is 24.6 Å². The van der Waals surface area contributed by atoms with Gasteiger partial charge < -0.3 is 10.6 Å². The van der Waals surface area contributed by atoms with Crippen LogP contribution >= 0.6 is 0 Å². The molecule has 7 nitrogen and oxygen atoms in total. The van der Waals surface area contributed by atoms with Gasteiger partial charge in [-0.15, -0.1) is 0 Å².